The van der Waals surface area contributed by atoms with Crippen molar-refractivity contribution in [2.45, 2.75) is 24.4 Å². The number of oxazole rings is 1. The van der Waals surface area contributed by atoms with E-state index >= 15 is 0 Å². The van der Waals surface area contributed by atoms with Gasteiger partial charge >= 0.3 is 0 Å². The molecule has 0 aliphatic rings. The molecule has 5 nitrogen and oxygen atoms in total. The van der Waals surface area contributed by atoms with E-state index in [1.807, 2.05) is 36.4 Å². The predicted octanol–water partition coefficient (Wildman–Crippen LogP) is 4.97. The van der Waals surface area contributed by atoms with Crippen molar-refractivity contribution >= 4 is 23.1 Å². The third kappa shape index (κ3) is 3.38. The number of nitrogens with zero attached hydrogens (tertiary/aromatic N) is 4. The number of hydrogen-bond acceptors (Lipinski definition) is 6. The molecule has 1 aromatic carbocycles. The highest BCUT2D eigenvalue weighted by Gasteiger charge is 2.15. The quantitative estimate of drug-likeness (QED) is 0.450. The Morgan fingerprint density at radius 2 is 2.00 bits per heavy atom. The minimum Gasteiger partial charge on any atom is -0.444 e. The lowest BCUT2D eigenvalue weighted by atomic mass is 10.2. The number of benzene rings is 1. The van der Waals surface area contributed by atoms with E-state index in [0.717, 1.165) is 33.7 Å². The molecule has 3 aromatic heterocycles. The summed E-state index contributed by atoms with van der Waals surface area (Å²) in [5, 5.41) is 11.7. The summed E-state index contributed by atoms with van der Waals surface area (Å²) >= 11 is 3.30. The van der Waals surface area contributed by atoms with Gasteiger partial charge in [-0.25, -0.2) is 4.98 Å². The predicted molar refractivity (Wildman–Crippen MR) is 101 cm³/mol. The molecule has 0 aliphatic heterocycles. The maximum Gasteiger partial charge on any atom is 0.226 e. The van der Waals surface area contributed by atoms with Gasteiger partial charge in [0.15, 0.2) is 11.0 Å². The topological polar surface area (TPSA) is 56.7 Å². The average Bonchev–Trinajstić information content (AvgIpc) is 3.39. The summed E-state index contributed by atoms with van der Waals surface area (Å²) in [6.45, 7) is 2.94. The molecule has 25 heavy (non-hydrogen) atoms. The molecular formula is C18H16N4OS2. The summed E-state index contributed by atoms with van der Waals surface area (Å²) < 4.78 is 7.73. The standard InChI is InChI=1S/C18H16N4OS2/c1-2-22-16(15-9-6-10-24-15)20-21-18(22)25-12-14-11-23-17(19-14)13-7-4-3-5-8-13/h3-11H,2,12H2,1H3. The van der Waals surface area contributed by atoms with Gasteiger partial charge < -0.3 is 8.98 Å². The fourth-order valence-electron chi connectivity index (χ4n) is 2.49. The van der Waals surface area contributed by atoms with Crippen molar-refractivity contribution in [2.24, 2.45) is 0 Å². The Hall–Kier alpha value is -2.38. The van der Waals surface area contributed by atoms with Crippen molar-refractivity contribution in [3.63, 3.8) is 0 Å². The SMILES string of the molecule is CCn1c(SCc2coc(-c3ccccc3)n2)nnc1-c1cccs1. The van der Waals surface area contributed by atoms with Crippen LogP contribution in [-0.4, -0.2) is 19.7 Å². The van der Waals surface area contributed by atoms with Crippen molar-refractivity contribution in [3.05, 3.63) is 59.8 Å². The zero-order valence-corrected chi connectivity index (χ0v) is 15.3. The molecule has 4 aromatic rings. The van der Waals surface area contributed by atoms with E-state index in [1.54, 1.807) is 29.4 Å². The molecule has 0 unspecified atom stereocenters. The zero-order valence-electron chi connectivity index (χ0n) is 13.6. The van der Waals surface area contributed by atoms with E-state index in [4.69, 9.17) is 4.42 Å². The van der Waals surface area contributed by atoms with Gasteiger partial charge in [-0.1, -0.05) is 36.0 Å². The first-order valence-electron chi connectivity index (χ1n) is 7.95. The van der Waals surface area contributed by atoms with Crippen LogP contribution in [0.1, 0.15) is 12.6 Å². The molecule has 126 valence electrons. The van der Waals surface area contributed by atoms with Gasteiger partial charge in [0.05, 0.1) is 10.6 Å². The summed E-state index contributed by atoms with van der Waals surface area (Å²) in [6.07, 6.45) is 1.71. The molecule has 4 rings (SSSR count). The molecule has 0 saturated carbocycles. The Bertz CT molecular complexity index is 945. The van der Waals surface area contributed by atoms with E-state index < -0.39 is 0 Å². The van der Waals surface area contributed by atoms with Crippen molar-refractivity contribution in [1.82, 2.24) is 19.7 Å². The van der Waals surface area contributed by atoms with Crippen molar-refractivity contribution < 1.29 is 4.42 Å². The summed E-state index contributed by atoms with van der Waals surface area (Å²) in [7, 11) is 0. The third-order valence-corrected chi connectivity index (χ3v) is 5.56. The van der Waals surface area contributed by atoms with Crippen LogP contribution in [0.3, 0.4) is 0 Å². The number of hydrogen-bond donors (Lipinski definition) is 0. The fraction of sp³-hybridized carbons (Fsp3) is 0.167. The van der Waals surface area contributed by atoms with E-state index in [1.165, 1.54) is 0 Å². The van der Waals surface area contributed by atoms with Crippen LogP contribution < -0.4 is 0 Å². The Labute approximate surface area is 153 Å². The first kappa shape index (κ1) is 16.1. The van der Waals surface area contributed by atoms with Gasteiger partial charge in [0.25, 0.3) is 0 Å². The van der Waals surface area contributed by atoms with Crippen molar-refractivity contribution in [1.29, 1.82) is 0 Å². The minimum atomic E-state index is 0.646. The molecule has 0 bridgehead atoms. The molecule has 0 aliphatic carbocycles. The highest BCUT2D eigenvalue weighted by Crippen LogP contribution is 2.29. The fourth-order valence-corrected chi connectivity index (χ4v) is 4.09. The molecule has 0 fully saturated rings. The molecule has 0 amide bonds. The van der Waals surface area contributed by atoms with Gasteiger partial charge in [-0.2, -0.15) is 0 Å². The van der Waals surface area contributed by atoms with Crippen LogP contribution >= 0.6 is 23.1 Å². The number of thiophene rings is 1. The number of thioether (sulfide) groups is 1. The van der Waals surface area contributed by atoms with Crippen LogP contribution in [0.2, 0.25) is 0 Å². The molecule has 3 heterocycles. The smallest absolute Gasteiger partial charge is 0.226 e. The highest BCUT2D eigenvalue weighted by atomic mass is 32.2. The second-order valence-corrected chi connectivity index (χ2v) is 7.22. The van der Waals surface area contributed by atoms with Crippen molar-refractivity contribution in [3.8, 4) is 22.2 Å². The lowest BCUT2D eigenvalue weighted by Crippen LogP contribution is -1.99. The van der Waals surface area contributed by atoms with Gasteiger partial charge in [-0.3, -0.25) is 0 Å². The molecule has 0 atom stereocenters. The van der Waals surface area contributed by atoms with Gasteiger partial charge in [0.2, 0.25) is 5.89 Å². The van der Waals surface area contributed by atoms with E-state index in [-0.39, 0.29) is 0 Å². The number of rotatable bonds is 6. The summed E-state index contributed by atoms with van der Waals surface area (Å²) in [6, 6.07) is 14.0. The molecular weight excluding hydrogens is 352 g/mol. The maximum atomic E-state index is 5.59. The normalized spacial score (nSPS) is 11.1. The maximum absolute atomic E-state index is 5.59. The third-order valence-electron chi connectivity index (χ3n) is 3.70. The first-order valence-corrected chi connectivity index (χ1v) is 9.81. The van der Waals surface area contributed by atoms with Crippen molar-refractivity contribution in [2.75, 3.05) is 0 Å². The summed E-state index contributed by atoms with van der Waals surface area (Å²) in [4.78, 5) is 5.70. The van der Waals surface area contributed by atoms with Crippen LogP contribution in [0.15, 0.2) is 63.7 Å². The molecule has 0 saturated heterocycles. The minimum absolute atomic E-state index is 0.646. The second-order valence-electron chi connectivity index (χ2n) is 5.33. The van der Waals surface area contributed by atoms with Gasteiger partial charge in [0.1, 0.15) is 6.26 Å². The van der Waals surface area contributed by atoms with Crippen LogP contribution in [0, 0.1) is 0 Å². The largest absolute Gasteiger partial charge is 0.444 e. The molecule has 7 heteroatoms. The number of aromatic nitrogens is 4. The summed E-state index contributed by atoms with van der Waals surface area (Å²) in [5.41, 5.74) is 1.88. The Morgan fingerprint density at radius 1 is 1.12 bits per heavy atom. The molecule has 0 spiro atoms. The van der Waals surface area contributed by atoms with Gasteiger partial charge in [-0.15, -0.1) is 21.5 Å². The van der Waals surface area contributed by atoms with Gasteiger partial charge in [-0.05, 0) is 30.5 Å². The Balaban J connectivity index is 1.50. The Morgan fingerprint density at radius 3 is 2.76 bits per heavy atom. The van der Waals surface area contributed by atoms with Crippen LogP contribution in [0.4, 0.5) is 0 Å². The van der Waals surface area contributed by atoms with Crippen LogP contribution in [0.25, 0.3) is 22.2 Å². The average molecular weight is 368 g/mol. The highest BCUT2D eigenvalue weighted by molar-refractivity contribution is 7.98. The Kier molecular flexibility index (Phi) is 4.67. The lowest BCUT2D eigenvalue weighted by molar-refractivity contribution is 0.573. The van der Waals surface area contributed by atoms with Gasteiger partial charge in [0, 0.05) is 17.9 Å². The van der Waals surface area contributed by atoms with E-state index in [0.29, 0.717) is 11.6 Å². The molecule has 0 N–H and O–H groups in total. The van der Waals surface area contributed by atoms with E-state index in [9.17, 15) is 0 Å². The molecule has 0 radical (unpaired) electrons. The van der Waals surface area contributed by atoms with Crippen LogP contribution in [0.5, 0.6) is 0 Å². The monoisotopic (exact) mass is 368 g/mol. The lowest BCUT2D eigenvalue weighted by Gasteiger charge is -2.05. The summed E-state index contributed by atoms with van der Waals surface area (Å²) in [5.74, 6) is 2.26. The first-order chi connectivity index (χ1) is 12.3. The zero-order chi connectivity index (χ0) is 17.1. The van der Waals surface area contributed by atoms with E-state index in [2.05, 4.69) is 38.1 Å². The van der Waals surface area contributed by atoms with Crippen LogP contribution in [-0.2, 0) is 12.3 Å². The second kappa shape index (κ2) is 7.25.